The van der Waals surface area contributed by atoms with Crippen LogP contribution >= 0.6 is 0 Å². The topological polar surface area (TPSA) is 65.1 Å². The van der Waals surface area contributed by atoms with Crippen LogP contribution in [0.4, 0.5) is 0 Å². The minimum atomic E-state index is -0.793. The van der Waals surface area contributed by atoms with Crippen molar-refractivity contribution in [1.82, 2.24) is 19.6 Å². The number of aromatic nitrogens is 4. The standard InChI is InChI=1S/C14H22N4O2/c1-6-11-10(8-17(4)16-11)14(19)13-12(20-5)7-15-18(13)9(2)3/h7-9,14,19H,6H2,1-5H3. The fourth-order valence-electron chi connectivity index (χ4n) is 2.39. The predicted molar refractivity (Wildman–Crippen MR) is 75.8 cm³/mol. The Morgan fingerprint density at radius 1 is 1.40 bits per heavy atom. The maximum absolute atomic E-state index is 10.8. The van der Waals surface area contributed by atoms with Gasteiger partial charge in [0, 0.05) is 24.8 Å². The van der Waals surface area contributed by atoms with E-state index in [-0.39, 0.29) is 6.04 Å². The van der Waals surface area contributed by atoms with Gasteiger partial charge in [0.1, 0.15) is 11.8 Å². The van der Waals surface area contributed by atoms with E-state index in [1.54, 1.807) is 22.7 Å². The highest BCUT2D eigenvalue weighted by Crippen LogP contribution is 2.33. The number of hydrogen-bond donors (Lipinski definition) is 1. The molecular weight excluding hydrogens is 256 g/mol. The lowest BCUT2D eigenvalue weighted by atomic mass is 10.1. The van der Waals surface area contributed by atoms with Gasteiger partial charge in [-0.1, -0.05) is 6.92 Å². The van der Waals surface area contributed by atoms with Gasteiger partial charge in [-0.2, -0.15) is 10.2 Å². The molecule has 1 unspecified atom stereocenters. The Morgan fingerprint density at radius 3 is 2.65 bits per heavy atom. The minimum Gasteiger partial charge on any atom is -0.493 e. The molecule has 0 aliphatic rings. The summed E-state index contributed by atoms with van der Waals surface area (Å²) in [5.74, 6) is 0.595. The predicted octanol–water partition coefficient (Wildman–Crippen LogP) is 1.85. The zero-order valence-corrected chi connectivity index (χ0v) is 12.7. The summed E-state index contributed by atoms with van der Waals surface area (Å²) < 4.78 is 8.84. The van der Waals surface area contributed by atoms with Gasteiger partial charge in [-0.15, -0.1) is 0 Å². The van der Waals surface area contributed by atoms with Crippen molar-refractivity contribution >= 4 is 0 Å². The molecule has 0 aliphatic heterocycles. The van der Waals surface area contributed by atoms with Gasteiger partial charge in [0.05, 0.1) is 19.0 Å². The number of nitrogens with zero attached hydrogens (tertiary/aromatic N) is 4. The van der Waals surface area contributed by atoms with Crippen molar-refractivity contribution in [3.8, 4) is 5.75 Å². The highest BCUT2D eigenvalue weighted by Gasteiger charge is 2.26. The largest absolute Gasteiger partial charge is 0.493 e. The molecule has 0 saturated carbocycles. The highest BCUT2D eigenvalue weighted by molar-refractivity contribution is 5.36. The van der Waals surface area contributed by atoms with Gasteiger partial charge in [0.15, 0.2) is 5.75 Å². The normalized spacial score (nSPS) is 12.9. The SMILES string of the molecule is CCc1nn(C)cc1C(O)c1c(OC)cnn1C(C)C. The fourth-order valence-corrected chi connectivity index (χ4v) is 2.39. The van der Waals surface area contributed by atoms with Crippen LogP contribution in [0.3, 0.4) is 0 Å². The molecule has 110 valence electrons. The van der Waals surface area contributed by atoms with Crippen molar-refractivity contribution in [2.45, 2.75) is 39.3 Å². The third kappa shape index (κ3) is 2.43. The summed E-state index contributed by atoms with van der Waals surface area (Å²) in [4.78, 5) is 0. The van der Waals surface area contributed by atoms with Crippen LogP contribution < -0.4 is 4.74 Å². The third-order valence-electron chi connectivity index (χ3n) is 3.33. The van der Waals surface area contributed by atoms with Crippen LogP contribution in [0.5, 0.6) is 5.75 Å². The van der Waals surface area contributed by atoms with E-state index < -0.39 is 6.10 Å². The van der Waals surface area contributed by atoms with Crippen LogP contribution in [0.25, 0.3) is 0 Å². The molecule has 0 aromatic carbocycles. The second-order valence-electron chi connectivity index (χ2n) is 5.10. The maximum Gasteiger partial charge on any atom is 0.163 e. The van der Waals surface area contributed by atoms with Gasteiger partial charge < -0.3 is 9.84 Å². The first-order valence-corrected chi connectivity index (χ1v) is 6.81. The Labute approximate surface area is 119 Å². The van der Waals surface area contributed by atoms with Gasteiger partial charge in [-0.25, -0.2) is 0 Å². The summed E-state index contributed by atoms with van der Waals surface area (Å²) >= 11 is 0. The molecule has 6 nitrogen and oxygen atoms in total. The summed E-state index contributed by atoms with van der Waals surface area (Å²) in [5.41, 5.74) is 2.36. The van der Waals surface area contributed by atoms with Gasteiger partial charge in [-0.05, 0) is 20.3 Å². The van der Waals surface area contributed by atoms with Crippen molar-refractivity contribution in [2.75, 3.05) is 7.11 Å². The van der Waals surface area contributed by atoms with Crippen molar-refractivity contribution < 1.29 is 9.84 Å². The van der Waals surface area contributed by atoms with Gasteiger partial charge >= 0.3 is 0 Å². The van der Waals surface area contributed by atoms with E-state index in [1.807, 2.05) is 34.0 Å². The lowest BCUT2D eigenvalue weighted by molar-refractivity contribution is 0.198. The van der Waals surface area contributed by atoms with E-state index in [1.165, 1.54) is 0 Å². The molecule has 0 radical (unpaired) electrons. The number of hydrogen-bond acceptors (Lipinski definition) is 4. The summed E-state index contributed by atoms with van der Waals surface area (Å²) in [6, 6.07) is 0.144. The van der Waals surface area contributed by atoms with E-state index in [9.17, 15) is 5.11 Å². The Balaban J connectivity index is 2.51. The second-order valence-corrected chi connectivity index (χ2v) is 5.10. The maximum atomic E-state index is 10.8. The first-order valence-electron chi connectivity index (χ1n) is 6.81. The van der Waals surface area contributed by atoms with E-state index in [0.717, 1.165) is 17.7 Å². The number of aryl methyl sites for hydroxylation is 2. The average molecular weight is 278 g/mol. The molecule has 2 aromatic heterocycles. The smallest absolute Gasteiger partial charge is 0.163 e. The Hall–Kier alpha value is -1.82. The number of rotatable bonds is 5. The molecule has 20 heavy (non-hydrogen) atoms. The average Bonchev–Trinajstić information content (AvgIpc) is 3.00. The Kier molecular flexibility index (Phi) is 4.13. The first kappa shape index (κ1) is 14.6. The van der Waals surface area contributed by atoms with Crippen LogP contribution in [0.15, 0.2) is 12.4 Å². The van der Waals surface area contributed by atoms with Crippen LogP contribution in [0.1, 0.15) is 49.9 Å². The van der Waals surface area contributed by atoms with E-state index >= 15 is 0 Å². The lowest BCUT2D eigenvalue weighted by Crippen LogP contribution is -2.13. The van der Waals surface area contributed by atoms with Gasteiger partial charge in [0.2, 0.25) is 0 Å². The minimum absolute atomic E-state index is 0.144. The first-order chi connectivity index (χ1) is 9.49. The fraction of sp³-hybridized carbons (Fsp3) is 0.571. The molecule has 0 bridgehead atoms. The monoisotopic (exact) mass is 278 g/mol. The number of aliphatic hydroxyl groups excluding tert-OH is 1. The zero-order chi connectivity index (χ0) is 14.9. The van der Waals surface area contributed by atoms with Crippen LogP contribution in [-0.2, 0) is 13.5 Å². The van der Waals surface area contributed by atoms with Gasteiger partial charge in [-0.3, -0.25) is 9.36 Å². The molecule has 0 amide bonds. The summed E-state index contributed by atoms with van der Waals surface area (Å²) in [7, 11) is 3.44. The van der Waals surface area contributed by atoms with Crippen molar-refractivity contribution in [1.29, 1.82) is 0 Å². The molecular formula is C14H22N4O2. The molecule has 1 N–H and O–H groups in total. The lowest BCUT2D eigenvalue weighted by Gasteiger charge is -2.17. The zero-order valence-electron chi connectivity index (χ0n) is 12.7. The van der Waals surface area contributed by atoms with E-state index in [2.05, 4.69) is 10.2 Å². The number of methoxy groups -OCH3 is 1. The molecule has 2 heterocycles. The molecule has 0 aliphatic carbocycles. The molecule has 2 aromatic rings. The van der Waals surface area contributed by atoms with Gasteiger partial charge in [0.25, 0.3) is 0 Å². The summed E-state index contributed by atoms with van der Waals surface area (Å²) in [6.07, 6.45) is 3.46. The molecule has 0 fully saturated rings. The van der Waals surface area contributed by atoms with Crippen molar-refractivity contribution in [2.24, 2.45) is 7.05 Å². The Morgan fingerprint density at radius 2 is 2.10 bits per heavy atom. The highest BCUT2D eigenvalue weighted by atomic mass is 16.5. The molecule has 0 spiro atoms. The van der Waals surface area contributed by atoms with E-state index in [4.69, 9.17) is 4.74 Å². The summed E-state index contributed by atoms with van der Waals surface area (Å²) in [6.45, 7) is 6.06. The van der Waals surface area contributed by atoms with Crippen molar-refractivity contribution in [3.63, 3.8) is 0 Å². The number of ether oxygens (including phenoxy) is 1. The van der Waals surface area contributed by atoms with Crippen LogP contribution in [-0.4, -0.2) is 31.8 Å². The Bertz CT molecular complexity index is 586. The molecule has 6 heteroatoms. The summed E-state index contributed by atoms with van der Waals surface area (Å²) in [5, 5.41) is 19.4. The number of aliphatic hydroxyl groups is 1. The molecule has 2 rings (SSSR count). The quantitative estimate of drug-likeness (QED) is 0.906. The molecule has 0 saturated heterocycles. The van der Waals surface area contributed by atoms with Crippen LogP contribution in [0, 0.1) is 0 Å². The van der Waals surface area contributed by atoms with Crippen LogP contribution in [0.2, 0.25) is 0 Å². The van der Waals surface area contributed by atoms with Crippen molar-refractivity contribution in [3.05, 3.63) is 29.3 Å². The second kappa shape index (κ2) is 5.66. The molecule has 1 atom stereocenters. The van der Waals surface area contributed by atoms with E-state index in [0.29, 0.717) is 11.4 Å². The third-order valence-corrected chi connectivity index (χ3v) is 3.33.